The topological polar surface area (TPSA) is 72.4 Å². The number of pyridine rings is 1. The first kappa shape index (κ1) is 20.4. The lowest BCUT2D eigenvalue weighted by molar-refractivity contribution is 0.331. The van der Waals surface area contributed by atoms with Crippen molar-refractivity contribution in [3.8, 4) is 11.5 Å². The molecule has 3 rings (SSSR count). The molecule has 29 heavy (non-hydrogen) atoms. The van der Waals surface area contributed by atoms with Gasteiger partial charge < -0.3 is 19.7 Å². The van der Waals surface area contributed by atoms with Crippen LogP contribution in [0.4, 0.5) is 11.8 Å². The van der Waals surface area contributed by atoms with E-state index in [1.165, 1.54) is 5.56 Å². The van der Waals surface area contributed by atoms with Gasteiger partial charge in [-0.1, -0.05) is 0 Å². The van der Waals surface area contributed by atoms with E-state index in [0.29, 0.717) is 19.1 Å². The lowest BCUT2D eigenvalue weighted by Crippen LogP contribution is -2.22. The summed E-state index contributed by atoms with van der Waals surface area (Å²) < 4.78 is 10.9. The van der Waals surface area contributed by atoms with Crippen LogP contribution in [0.1, 0.15) is 11.3 Å². The highest BCUT2D eigenvalue weighted by Crippen LogP contribution is 2.17. The number of likely N-dealkylation sites (N-methyl/N-ethyl adjacent to an activating group) is 1. The van der Waals surface area contributed by atoms with Gasteiger partial charge in [0.1, 0.15) is 23.9 Å². The molecule has 7 heteroatoms. The van der Waals surface area contributed by atoms with Crippen molar-refractivity contribution < 1.29 is 9.47 Å². The predicted octanol–water partition coefficient (Wildman–Crippen LogP) is 3.36. The third kappa shape index (κ3) is 6.34. The minimum absolute atomic E-state index is 0.511. The van der Waals surface area contributed by atoms with Crippen LogP contribution in [0.15, 0.2) is 54.9 Å². The molecule has 0 atom stereocenters. The van der Waals surface area contributed by atoms with Crippen LogP contribution < -0.4 is 19.7 Å². The Balaban J connectivity index is 1.50. The number of nitrogens with zero attached hydrogens (tertiary/aromatic N) is 4. The maximum absolute atomic E-state index is 5.73. The summed E-state index contributed by atoms with van der Waals surface area (Å²) in [6.07, 6.45) is 4.57. The first-order valence-corrected chi connectivity index (χ1v) is 9.60. The number of methoxy groups -OCH3 is 1. The molecular weight excluding hydrogens is 366 g/mol. The fraction of sp³-hybridized carbons (Fsp3) is 0.318. The fourth-order valence-electron chi connectivity index (χ4n) is 2.79. The molecule has 152 valence electrons. The van der Waals surface area contributed by atoms with Gasteiger partial charge in [0.05, 0.1) is 13.7 Å². The van der Waals surface area contributed by atoms with Crippen molar-refractivity contribution in [1.29, 1.82) is 0 Å². The Labute approximate surface area is 171 Å². The first-order chi connectivity index (χ1) is 14.1. The zero-order valence-corrected chi connectivity index (χ0v) is 17.1. The largest absolute Gasteiger partial charge is 0.497 e. The average molecular weight is 393 g/mol. The summed E-state index contributed by atoms with van der Waals surface area (Å²) in [6, 6.07) is 13.6. The van der Waals surface area contributed by atoms with Crippen LogP contribution in [0, 0.1) is 6.92 Å². The Morgan fingerprint density at radius 1 is 1.00 bits per heavy atom. The Kier molecular flexibility index (Phi) is 7.22. The van der Waals surface area contributed by atoms with Crippen LogP contribution in [0.3, 0.4) is 0 Å². The smallest absolute Gasteiger partial charge is 0.224 e. The van der Waals surface area contributed by atoms with Crippen LogP contribution in [0.2, 0.25) is 0 Å². The van der Waals surface area contributed by atoms with Gasteiger partial charge in [0.2, 0.25) is 5.95 Å². The van der Waals surface area contributed by atoms with Gasteiger partial charge in [-0.2, -0.15) is 4.98 Å². The molecule has 0 aliphatic rings. The van der Waals surface area contributed by atoms with Crippen LogP contribution in [0.25, 0.3) is 0 Å². The molecule has 0 spiro atoms. The molecule has 2 aromatic heterocycles. The van der Waals surface area contributed by atoms with E-state index in [1.807, 2.05) is 68.8 Å². The molecule has 7 nitrogen and oxygen atoms in total. The monoisotopic (exact) mass is 393 g/mol. The molecule has 0 aliphatic carbocycles. The van der Waals surface area contributed by atoms with Crippen molar-refractivity contribution in [2.24, 2.45) is 0 Å². The lowest BCUT2D eigenvalue weighted by atomic mass is 10.2. The lowest BCUT2D eigenvalue weighted by Gasteiger charge is -2.19. The second kappa shape index (κ2) is 10.3. The van der Waals surface area contributed by atoms with Crippen molar-refractivity contribution in [2.75, 3.05) is 44.1 Å². The van der Waals surface area contributed by atoms with Gasteiger partial charge in [-0.15, -0.1) is 0 Å². The molecule has 1 N–H and O–H groups in total. The van der Waals surface area contributed by atoms with E-state index in [4.69, 9.17) is 9.47 Å². The molecule has 0 aliphatic heterocycles. The summed E-state index contributed by atoms with van der Waals surface area (Å²) in [7, 11) is 3.69. The summed E-state index contributed by atoms with van der Waals surface area (Å²) in [5.74, 6) is 3.11. The highest BCUT2D eigenvalue weighted by atomic mass is 16.5. The van der Waals surface area contributed by atoms with Crippen LogP contribution in [-0.2, 0) is 6.42 Å². The minimum Gasteiger partial charge on any atom is -0.497 e. The first-order valence-electron chi connectivity index (χ1n) is 9.60. The highest BCUT2D eigenvalue weighted by Gasteiger charge is 2.07. The van der Waals surface area contributed by atoms with Crippen molar-refractivity contribution in [3.63, 3.8) is 0 Å². The third-order valence-electron chi connectivity index (χ3n) is 4.43. The zero-order valence-electron chi connectivity index (χ0n) is 17.1. The molecule has 0 bridgehead atoms. The number of aryl methyl sites for hydroxylation is 1. The second-order valence-electron chi connectivity index (χ2n) is 6.67. The van der Waals surface area contributed by atoms with Gasteiger partial charge in [-0.25, -0.2) is 4.98 Å². The highest BCUT2D eigenvalue weighted by molar-refractivity contribution is 5.44. The van der Waals surface area contributed by atoms with Gasteiger partial charge in [-0.05, 0) is 55.3 Å². The molecule has 0 fully saturated rings. The molecule has 1 aromatic carbocycles. The summed E-state index contributed by atoms with van der Waals surface area (Å²) in [6.45, 7) is 3.95. The summed E-state index contributed by atoms with van der Waals surface area (Å²) in [5, 5.41) is 3.24. The predicted molar refractivity (Wildman–Crippen MR) is 115 cm³/mol. The molecule has 3 aromatic rings. The number of ether oxygens (including phenoxy) is 2. The standard InChI is InChI=1S/C22H27N5O2/c1-17-16-21(27(2)14-10-18-8-11-23-12-9-18)26-22(25-17)24-13-15-29-20-6-4-19(28-3)5-7-20/h4-9,11-12,16H,10,13-15H2,1-3H3,(H,24,25,26). The molecular formula is C22H27N5O2. The molecule has 0 radical (unpaired) electrons. The number of nitrogens with one attached hydrogen (secondary N) is 1. The molecule has 2 heterocycles. The van der Waals surface area contributed by atoms with Crippen LogP contribution >= 0.6 is 0 Å². The van der Waals surface area contributed by atoms with Gasteiger partial charge in [0.15, 0.2) is 0 Å². The Morgan fingerprint density at radius 3 is 2.45 bits per heavy atom. The van der Waals surface area contributed by atoms with E-state index < -0.39 is 0 Å². The fourth-order valence-corrected chi connectivity index (χ4v) is 2.79. The number of rotatable bonds is 10. The molecule has 0 saturated carbocycles. The van der Waals surface area contributed by atoms with Gasteiger partial charge in [0, 0.05) is 37.7 Å². The Morgan fingerprint density at radius 2 is 1.72 bits per heavy atom. The number of hydrogen-bond acceptors (Lipinski definition) is 7. The maximum Gasteiger partial charge on any atom is 0.224 e. The Bertz CT molecular complexity index is 887. The van der Waals surface area contributed by atoms with Gasteiger partial charge in [-0.3, -0.25) is 4.98 Å². The van der Waals surface area contributed by atoms with Gasteiger partial charge in [0.25, 0.3) is 0 Å². The maximum atomic E-state index is 5.73. The van der Waals surface area contributed by atoms with E-state index in [-0.39, 0.29) is 0 Å². The van der Waals surface area contributed by atoms with Crippen LogP contribution in [0.5, 0.6) is 11.5 Å². The average Bonchev–Trinajstić information content (AvgIpc) is 2.76. The number of anilines is 2. The molecule has 0 saturated heterocycles. The minimum atomic E-state index is 0.511. The third-order valence-corrected chi connectivity index (χ3v) is 4.43. The number of aromatic nitrogens is 3. The summed E-state index contributed by atoms with van der Waals surface area (Å²) in [4.78, 5) is 15.3. The summed E-state index contributed by atoms with van der Waals surface area (Å²) >= 11 is 0. The number of hydrogen-bond donors (Lipinski definition) is 1. The quantitative estimate of drug-likeness (QED) is 0.530. The van der Waals surface area contributed by atoms with Gasteiger partial charge >= 0.3 is 0 Å². The van der Waals surface area contributed by atoms with E-state index in [0.717, 1.165) is 36.0 Å². The second-order valence-corrected chi connectivity index (χ2v) is 6.67. The summed E-state index contributed by atoms with van der Waals surface area (Å²) in [5.41, 5.74) is 2.18. The SMILES string of the molecule is COc1ccc(OCCNc2nc(C)cc(N(C)CCc3ccncc3)n2)cc1. The van der Waals surface area contributed by atoms with E-state index in [9.17, 15) is 0 Å². The van der Waals surface area contributed by atoms with Crippen molar-refractivity contribution in [1.82, 2.24) is 15.0 Å². The normalized spacial score (nSPS) is 10.4. The van der Waals surface area contributed by atoms with E-state index in [2.05, 4.69) is 25.2 Å². The molecule has 0 amide bonds. The Hall–Kier alpha value is -3.35. The number of benzene rings is 1. The van der Waals surface area contributed by atoms with E-state index >= 15 is 0 Å². The zero-order chi connectivity index (χ0) is 20.5. The molecule has 0 unspecified atom stereocenters. The van der Waals surface area contributed by atoms with Crippen molar-refractivity contribution >= 4 is 11.8 Å². The van der Waals surface area contributed by atoms with Crippen molar-refractivity contribution in [2.45, 2.75) is 13.3 Å². The van der Waals surface area contributed by atoms with Crippen LogP contribution in [-0.4, -0.2) is 48.8 Å². The van der Waals surface area contributed by atoms with Crippen molar-refractivity contribution in [3.05, 3.63) is 66.1 Å². The van der Waals surface area contributed by atoms with E-state index in [1.54, 1.807) is 7.11 Å².